The second-order valence-corrected chi connectivity index (χ2v) is 8.61. The Hall–Kier alpha value is -2.84. The van der Waals surface area contributed by atoms with Crippen LogP contribution >= 0.6 is 0 Å². The Balaban J connectivity index is 1.29. The maximum absolute atomic E-state index is 14.0. The van der Waals surface area contributed by atoms with Crippen molar-refractivity contribution in [2.24, 2.45) is 5.92 Å². The fourth-order valence-electron chi connectivity index (χ4n) is 4.44. The van der Waals surface area contributed by atoms with Crippen molar-refractivity contribution in [2.75, 3.05) is 49.6 Å². The number of halogens is 2. The van der Waals surface area contributed by atoms with Crippen molar-refractivity contribution in [1.82, 2.24) is 4.90 Å². The van der Waals surface area contributed by atoms with Crippen LogP contribution in [0.2, 0.25) is 0 Å². The first-order valence-corrected chi connectivity index (χ1v) is 11.4. The van der Waals surface area contributed by atoms with Crippen molar-refractivity contribution >= 4 is 23.1 Å². The van der Waals surface area contributed by atoms with Crippen LogP contribution in [0.1, 0.15) is 30.1 Å². The third-order valence-electron chi connectivity index (χ3n) is 6.53. The summed E-state index contributed by atoms with van der Waals surface area (Å²) in [6.07, 6.45) is 1.00. The van der Waals surface area contributed by atoms with Gasteiger partial charge in [-0.05, 0) is 75.3 Å². The lowest BCUT2D eigenvalue weighted by atomic mass is 9.88. The average molecular weight is 458 g/mol. The van der Waals surface area contributed by atoms with Crippen molar-refractivity contribution < 1.29 is 23.1 Å². The summed E-state index contributed by atoms with van der Waals surface area (Å²) in [4.78, 5) is 29.7. The highest BCUT2D eigenvalue weighted by Gasteiger charge is 2.31. The van der Waals surface area contributed by atoms with E-state index in [0.717, 1.165) is 55.9 Å². The molecule has 2 aromatic carbocycles. The number of nitrogens with one attached hydrogen (secondary N) is 1. The first-order valence-electron chi connectivity index (χ1n) is 11.4. The molecule has 2 aliphatic rings. The van der Waals surface area contributed by atoms with E-state index in [0.29, 0.717) is 25.9 Å². The van der Waals surface area contributed by atoms with Crippen LogP contribution in [0.3, 0.4) is 0 Å². The zero-order valence-corrected chi connectivity index (χ0v) is 18.7. The monoisotopic (exact) mass is 457 g/mol. The number of ketones is 1. The van der Waals surface area contributed by atoms with E-state index in [-0.39, 0.29) is 29.2 Å². The van der Waals surface area contributed by atoms with Crippen LogP contribution in [0.25, 0.3) is 0 Å². The molecule has 2 saturated heterocycles. The van der Waals surface area contributed by atoms with E-state index in [1.807, 2.05) is 36.1 Å². The van der Waals surface area contributed by atoms with Crippen molar-refractivity contribution in [2.45, 2.75) is 25.8 Å². The maximum atomic E-state index is 14.0. The van der Waals surface area contributed by atoms with E-state index in [1.54, 1.807) is 0 Å². The zero-order valence-electron chi connectivity index (χ0n) is 18.7. The molecule has 176 valence electrons. The highest BCUT2D eigenvalue weighted by Crippen LogP contribution is 2.25. The number of carbonyl (C=O) groups excluding carboxylic acids is 2. The molecule has 2 heterocycles. The molecule has 2 fully saturated rings. The molecule has 8 heteroatoms. The molecule has 0 spiro atoms. The number of Topliss-reactive ketones (excluding diaryl/α,β-unsaturated/α-hetero) is 1. The SMILES string of the molecule is CC(C(=O)Nc1ccc(N2CCOCC2)cc1)N1CCC(C(=O)c2cc(F)ccc2F)CC1. The molecule has 1 N–H and O–H groups in total. The van der Waals surface area contributed by atoms with Gasteiger partial charge in [-0.2, -0.15) is 0 Å². The van der Waals surface area contributed by atoms with Crippen LogP contribution in [-0.4, -0.2) is 62.0 Å². The second-order valence-electron chi connectivity index (χ2n) is 8.61. The van der Waals surface area contributed by atoms with Crippen molar-refractivity contribution in [3.63, 3.8) is 0 Å². The first kappa shape index (κ1) is 23.3. The molecular weight excluding hydrogens is 428 g/mol. The molecule has 1 amide bonds. The number of likely N-dealkylation sites (tertiary alicyclic amines) is 1. The smallest absolute Gasteiger partial charge is 0.241 e. The number of hydrogen-bond donors (Lipinski definition) is 1. The molecule has 1 unspecified atom stereocenters. The molecule has 0 bridgehead atoms. The molecule has 6 nitrogen and oxygen atoms in total. The fraction of sp³-hybridized carbons (Fsp3) is 0.440. The molecule has 33 heavy (non-hydrogen) atoms. The zero-order chi connectivity index (χ0) is 23.4. The number of morpholine rings is 1. The number of benzene rings is 2. The largest absolute Gasteiger partial charge is 0.378 e. The fourth-order valence-corrected chi connectivity index (χ4v) is 4.44. The van der Waals surface area contributed by atoms with E-state index in [4.69, 9.17) is 4.74 Å². The van der Waals surface area contributed by atoms with Gasteiger partial charge in [0.05, 0.1) is 24.8 Å². The van der Waals surface area contributed by atoms with Gasteiger partial charge in [0, 0.05) is 30.4 Å². The summed E-state index contributed by atoms with van der Waals surface area (Å²) in [6, 6.07) is 10.4. The molecule has 0 aromatic heterocycles. The van der Waals surface area contributed by atoms with Crippen LogP contribution in [0, 0.1) is 17.6 Å². The number of rotatable bonds is 6. The molecular formula is C25H29F2N3O3. The number of amides is 1. The Kier molecular flexibility index (Phi) is 7.35. The summed E-state index contributed by atoms with van der Waals surface area (Å²) in [7, 11) is 0. The maximum Gasteiger partial charge on any atom is 0.241 e. The topological polar surface area (TPSA) is 61.9 Å². The van der Waals surface area contributed by atoms with Gasteiger partial charge in [-0.25, -0.2) is 8.78 Å². The predicted molar refractivity (Wildman–Crippen MR) is 123 cm³/mol. The summed E-state index contributed by atoms with van der Waals surface area (Å²) in [5.41, 5.74) is 1.64. The molecule has 1 atom stereocenters. The van der Waals surface area contributed by atoms with Crippen LogP contribution in [0.5, 0.6) is 0 Å². The van der Waals surface area contributed by atoms with E-state index in [2.05, 4.69) is 10.2 Å². The Labute approximate surface area is 192 Å². The lowest BCUT2D eigenvalue weighted by Gasteiger charge is -2.34. The number of anilines is 2. The van der Waals surface area contributed by atoms with Gasteiger partial charge in [0.2, 0.25) is 5.91 Å². The lowest BCUT2D eigenvalue weighted by molar-refractivity contribution is -0.121. The van der Waals surface area contributed by atoms with Gasteiger partial charge in [0.25, 0.3) is 0 Å². The summed E-state index contributed by atoms with van der Waals surface area (Å²) < 4.78 is 32.8. The molecule has 0 saturated carbocycles. The van der Waals surface area contributed by atoms with Gasteiger partial charge in [0.15, 0.2) is 5.78 Å². The average Bonchev–Trinajstić information content (AvgIpc) is 2.85. The highest BCUT2D eigenvalue weighted by molar-refractivity contribution is 5.98. The molecule has 0 aliphatic carbocycles. The van der Waals surface area contributed by atoms with Crippen molar-refractivity contribution in [3.8, 4) is 0 Å². The minimum Gasteiger partial charge on any atom is -0.378 e. The Morgan fingerprint density at radius 2 is 1.67 bits per heavy atom. The van der Waals surface area contributed by atoms with Crippen LogP contribution in [-0.2, 0) is 9.53 Å². The summed E-state index contributed by atoms with van der Waals surface area (Å²) in [5, 5.41) is 2.96. The van der Waals surface area contributed by atoms with Gasteiger partial charge in [-0.1, -0.05) is 0 Å². The van der Waals surface area contributed by atoms with Crippen molar-refractivity contribution in [1.29, 1.82) is 0 Å². The lowest BCUT2D eigenvalue weighted by Crippen LogP contribution is -2.47. The highest BCUT2D eigenvalue weighted by atomic mass is 19.1. The van der Waals surface area contributed by atoms with Gasteiger partial charge in [-0.15, -0.1) is 0 Å². The van der Waals surface area contributed by atoms with Crippen LogP contribution in [0.15, 0.2) is 42.5 Å². The second kappa shape index (κ2) is 10.4. The third-order valence-corrected chi connectivity index (χ3v) is 6.53. The van der Waals surface area contributed by atoms with Gasteiger partial charge in [0.1, 0.15) is 11.6 Å². The summed E-state index contributed by atoms with van der Waals surface area (Å²) in [5.74, 6) is -2.18. The molecule has 4 rings (SSSR count). The Morgan fingerprint density at radius 1 is 1.00 bits per heavy atom. The quantitative estimate of drug-likeness (QED) is 0.670. The van der Waals surface area contributed by atoms with Gasteiger partial charge < -0.3 is 15.0 Å². The van der Waals surface area contributed by atoms with Gasteiger partial charge in [-0.3, -0.25) is 14.5 Å². The van der Waals surface area contributed by atoms with E-state index < -0.39 is 11.6 Å². The minimum atomic E-state index is -0.698. The third kappa shape index (κ3) is 5.57. The summed E-state index contributed by atoms with van der Waals surface area (Å²) >= 11 is 0. The van der Waals surface area contributed by atoms with Crippen LogP contribution in [0.4, 0.5) is 20.2 Å². The van der Waals surface area contributed by atoms with Crippen molar-refractivity contribution in [3.05, 3.63) is 59.7 Å². The number of ether oxygens (including phenoxy) is 1. The predicted octanol–water partition coefficient (Wildman–Crippen LogP) is 3.72. The molecule has 2 aromatic rings. The van der Waals surface area contributed by atoms with E-state index in [1.165, 1.54) is 0 Å². The van der Waals surface area contributed by atoms with E-state index >= 15 is 0 Å². The molecule has 0 radical (unpaired) electrons. The number of nitrogens with zero attached hydrogens (tertiary/aromatic N) is 2. The number of carbonyl (C=O) groups is 2. The van der Waals surface area contributed by atoms with Crippen LogP contribution < -0.4 is 10.2 Å². The first-order chi connectivity index (χ1) is 15.9. The Bertz CT molecular complexity index is 985. The Morgan fingerprint density at radius 3 is 2.33 bits per heavy atom. The van der Waals surface area contributed by atoms with Gasteiger partial charge >= 0.3 is 0 Å². The molecule has 2 aliphatic heterocycles. The number of hydrogen-bond acceptors (Lipinski definition) is 5. The number of piperidine rings is 1. The summed E-state index contributed by atoms with van der Waals surface area (Å²) in [6.45, 7) is 6.06. The minimum absolute atomic E-state index is 0.116. The standard InChI is InChI=1S/C25H29F2N3O3/c1-17(25(32)28-20-3-5-21(6-4-20)30-12-14-33-15-13-30)29-10-8-18(9-11-29)24(31)22-16-19(26)2-7-23(22)27/h2-7,16-18H,8-15H2,1H3,(H,28,32). The normalized spacial score (nSPS) is 18.7. The van der Waals surface area contributed by atoms with E-state index in [9.17, 15) is 18.4 Å².